The van der Waals surface area contributed by atoms with Crippen molar-refractivity contribution in [3.05, 3.63) is 40.4 Å². The van der Waals surface area contributed by atoms with Gasteiger partial charge in [-0.3, -0.25) is 13.8 Å². The molecule has 0 aliphatic rings. The first-order valence-corrected chi connectivity index (χ1v) is 5.89. The van der Waals surface area contributed by atoms with Gasteiger partial charge < -0.3 is 0 Å². The molecule has 0 fully saturated rings. The third-order valence-corrected chi connectivity index (χ3v) is 3.08. The van der Waals surface area contributed by atoms with E-state index in [0.29, 0.717) is 0 Å². The van der Waals surface area contributed by atoms with E-state index in [1.54, 1.807) is 19.1 Å². The zero-order valence-corrected chi connectivity index (χ0v) is 10.3. The van der Waals surface area contributed by atoms with E-state index in [1.165, 1.54) is 16.7 Å². The van der Waals surface area contributed by atoms with Gasteiger partial charge in [0.15, 0.2) is 0 Å². The predicted octanol–water partition coefficient (Wildman–Crippen LogP) is 2.08. The molecule has 2 heterocycles. The summed E-state index contributed by atoms with van der Waals surface area (Å²) in [5.41, 5.74) is -0.230. The van der Waals surface area contributed by atoms with Crippen LogP contribution in [0.1, 0.15) is 12.7 Å². The average Bonchev–Trinajstić information content (AvgIpc) is 2.84. The molecular formula is C12H9F3N4O. The fraction of sp³-hybridized carbons (Fsp3) is 0.250. The van der Waals surface area contributed by atoms with E-state index in [4.69, 9.17) is 0 Å². The Labute approximate surface area is 110 Å². The minimum atomic E-state index is -4.64. The summed E-state index contributed by atoms with van der Waals surface area (Å²) in [5.74, 6) is -1.24. The minimum Gasteiger partial charge on any atom is -0.277 e. The van der Waals surface area contributed by atoms with Crippen molar-refractivity contribution in [2.45, 2.75) is 19.6 Å². The second-order valence-corrected chi connectivity index (χ2v) is 4.22. The van der Waals surface area contributed by atoms with Crippen LogP contribution in [0.3, 0.4) is 0 Å². The number of hydrogen-bond acceptors (Lipinski definition) is 3. The van der Waals surface area contributed by atoms with Crippen LogP contribution in [0, 0.1) is 0 Å². The molecule has 20 heavy (non-hydrogen) atoms. The van der Waals surface area contributed by atoms with Gasteiger partial charge in [0, 0.05) is 6.54 Å². The number of nitrogens with zero attached hydrogens (tertiary/aromatic N) is 4. The maximum Gasteiger partial charge on any atom is 0.452 e. The first-order chi connectivity index (χ1) is 9.45. The maximum atomic E-state index is 13.0. The summed E-state index contributed by atoms with van der Waals surface area (Å²) in [6.45, 7) is 1.88. The Morgan fingerprint density at radius 3 is 2.55 bits per heavy atom. The van der Waals surface area contributed by atoms with Gasteiger partial charge in [0.05, 0.1) is 10.9 Å². The van der Waals surface area contributed by atoms with Gasteiger partial charge in [-0.2, -0.15) is 13.2 Å². The van der Waals surface area contributed by atoms with Gasteiger partial charge >= 0.3 is 6.18 Å². The van der Waals surface area contributed by atoms with E-state index in [1.807, 2.05) is 0 Å². The Kier molecular flexibility index (Phi) is 2.56. The summed E-state index contributed by atoms with van der Waals surface area (Å²) in [7, 11) is 0. The van der Waals surface area contributed by atoms with E-state index in [9.17, 15) is 18.0 Å². The van der Waals surface area contributed by atoms with Crippen molar-refractivity contribution >= 4 is 16.7 Å². The summed E-state index contributed by atoms with van der Waals surface area (Å²) in [6, 6.07) is 6.11. The van der Waals surface area contributed by atoms with Crippen molar-refractivity contribution in [2.75, 3.05) is 0 Å². The molecule has 0 aliphatic heterocycles. The molecule has 3 aromatic rings. The van der Waals surface area contributed by atoms with Crippen LogP contribution < -0.4 is 5.56 Å². The molecule has 1 aromatic carbocycles. The third kappa shape index (κ3) is 1.60. The van der Waals surface area contributed by atoms with Crippen LogP contribution in [0.2, 0.25) is 0 Å². The molecule has 8 heteroatoms. The van der Waals surface area contributed by atoms with Gasteiger partial charge in [0.25, 0.3) is 5.56 Å². The summed E-state index contributed by atoms with van der Waals surface area (Å²) in [5, 5.41) is 6.92. The first-order valence-electron chi connectivity index (χ1n) is 5.89. The summed E-state index contributed by atoms with van der Waals surface area (Å²) < 4.78 is 41.1. The van der Waals surface area contributed by atoms with Crippen LogP contribution in [0.5, 0.6) is 0 Å². The fourth-order valence-corrected chi connectivity index (χ4v) is 2.23. The fourth-order valence-electron chi connectivity index (χ4n) is 2.23. The predicted molar refractivity (Wildman–Crippen MR) is 65.4 cm³/mol. The van der Waals surface area contributed by atoms with Crippen LogP contribution in [0.15, 0.2) is 29.1 Å². The van der Waals surface area contributed by atoms with E-state index in [0.717, 1.165) is 4.40 Å². The van der Waals surface area contributed by atoms with Crippen LogP contribution in [-0.2, 0) is 12.7 Å². The number of aromatic nitrogens is 4. The molecule has 3 rings (SSSR count). The van der Waals surface area contributed by atoms with Crippen molar-refractivity contribution in [1.82, 2.24) is 19.2 Å². The molecular weight excluding hydrogens is 273 g/mol. The molecule has 0 aliphatic carbocycles. The molecule has 0 atom stereocenters. The molecule has 0 amide bonds. The number of aryl methyl sites for hydroxylation is 1. The molecule has 5 nitrogen and oxygen atoms in total. The van der Waals surface area contributed by atoms with Gasteiger partial charge in [-0.15, -0.1) is 10.2 Å². The van der Waals surface area contributed by atoms with Gasteiger partial charge in [-0.05, 0) is 19.1 Å². The normalized spacial score (nSPS) is 12.4. The average molecular weight is 282 g/mol. The topological polar surface area (TPSA) is 52.2 Å². The Bertz CT molecular complexity index is 863. The van der Waals surface area contributed by atoms with Crippen LogP contribution >= 0.6 is 0 Å². The Morgan fingerprint density at radius 2 is 1.90 bits per heavy atom. The minimum absolute atomic E-state index is 0.108. The second kappa shape index (κ2) is 4.06. The molecule has 0 N–H and O–H groups in total. The Hall–Kier alpha value is -2.38. The first kappa shape index (κ1) is 12.6. The van der Waals surface area contributed by atoms with Crippen molar-refractivity contribution in [1.29, 1.82) is 0 Å². The molecule has 0 saturated heterocycles. The maximum absolute atomic E-state index is 13.0. The second-order valence-electron chi connectivity index (χ2n) is 4.22. The summed E-state index contributed by atoms with van der Waals surface area (Å²) in [6.07, 6.45) is -4.64. The van der Waals surface area contributed by atoms with Crippen molar-refractivity contribution in [3.8, 4) is 0 Å². The lowest BCUT2D eigenvalue weighted by molar-refractivity contribution is -0.145. The van der Waals surface area contributed by atoms with Gasteiger partial charge in [-0.25, -0.2) is 0 Å². The van der Waals surface area contributed by atoms with E-state index < -0.39 is 12.0 Å². The van der Waals surface area contributed by atoms with Crippen molar-refractivity contribution in [3.63, 3.8) is 0 Å². The number of rotatable bonds is 1. The van der Waals surface area contributed by atoms with Crippen LogP contribution in [-0.4, -0.2) is 19.2 Å². The SMILES string of the molecule is CCn1c(=O)c2ccccc2n2c(C(F)(F)F)nnc12. The quantitative estimate of drug-likeness (QED) is 0.686. The van der Waals surface area contributed by atoms with E-state index >= 15 is 0 Å². The smallest absolute Gasteiger partial charge is 0.277 e. The molecule has 0 bridgehead atoms. The Balaban J connectivity index is 2.63. The van der Waals surface area contributed by atoms with E-state index in [2.05, 4.69) is 10.2 Å². The summed E-state index contributed by atoms with van der Waals surface area (Å²) in [4.78, 5) is 12.2. The number of benzene rings is 1. The lowest BCUT2D eigenvalue weighted by Crippen LogP contribution is -2.23. The lowest BCUT2D eigenvalue weighted by atomic mass is 10.2. The molecule has 0 saturated carbocycles. The molecule has 0 radical (unpaired) electrons. The molecule has 104 valence electrons. The highest BCUT2D eigenvalue weighted by atomic mass is 19.4. The zero-order valence-electron chi connectivity index (χ0n) is 10.3. The van der Waals surface area contributed by atoms with Gasteiger partial charge in [-0.1, -0.05) is 12.1 Å². The highest BCUT2D eigenvalue weighted by Gasteiger charge is 2.38. The number of para-hydroxylation sites is 1. The number of fused-ring (bicyclic) bond motifs is 3. The van der Waals surface area contributed by atoms with E-state index in [-0.39, 0.29) is 28.8 Å². The van der Waals surface area contributed by atoms with Gasteiger partial charge in [0.2, 0.25) is 11.6 Å². The molecule has 0 spiro atoms. The largest absolute Gasteiger partial charge is 0.452 e. The number of hydrogen-bond donors (Lipinski definition) is 0. The van der Waals surface area contributed by atoms with Crippen molar-refractivity contribution < 1.29 is 13.2 Å². The lowest BCUT2D eigenvalue weighted by Gasteiger charge is -2.10. The highest BCUT2D eigenvalue weighted by molar-refractivity contribution is 5.80. The van der Waals surface area contributed by atoms with Crippen LogP contribution in [0.4, 0.5) is 13.2 Å². The Morgan fingerprint density at radius 1 is 1.20 bits per heavy atom. The number of alkyl halides is 3. The molecule has 2 aromatic heterocycles. The molecule has 0 unspecified atom stereocenters. The number of halogens is 3. The monoisotopic (exact) mass is 282 g/mol. The summed E-state index contributed by atoms with van der Waals surface area (Å²) >= 11 is 0. The van der Waals surface area contributed by atoms with Crippen LogP contribution in [0.25, 0.3) is 16.7 Å². The highest BCUT2D eigenvalue weighted by Crippen LogP contribution is 2.29. The van der Waals surface area contributed by atoms with Crippen molar-refractivity contribution in [2.24, 2.45) is 0 Å². The zero-order chi connectivity index (χ0) is 14.5. The third-order valence-electron chi connectivity index (χ3n) is 3.08. The standard InChI is InChI=1S/C12H9F3N4O/c1-2-18-9(20)7-5-3-4-6-8(7)19-10(12(13,14)15)16-17-11(18)19/h3-6H,2H2,1H3. The van der Waals surface area contributed by atoms with Gasteiger partial charge in [0.1, 0.15) is 0 Å².